The highest BCUT2D eigenvalue weighted by Gasteiger charge is 2.41. The summed E-state index contributed by atoms with van der Waals surface area (Å²) < 4.78 is 0. The van der Waals surface area contributed by atoms with E-state index >= 15 is 0 Å². The number of hydrogen-bond acceptors (Lipinski definition) is 4. The molecule has 0 aromatic rings. The van der Waals surface area contributed by atoms with Crippen molar-refractivity contribution in [2.24, 2.45) is 21.7 Å². The van der Waals surface area contributed by atoms with Gasteiger partial charge in [0.2, 0.25) is 0 Å². The van der Waals surface area contributed by atoms with Crippen LogP contribution in [0.2, 0.25) is 0 Å². The molecule has 1 aliphatic rings. The van der Waals surface area contributed by atoms with Gasteiger partial charge in [-0.3, -0.25) is 0 Å². The predicted octanol–water partition coefficient (Wildman–Crippen LogP) is 0.901. The number of aliphatic hydroxyl groups is 1. The van der Waals surface area contributed by atoms with Gasteiger partial charge in [-0.25, -0.2) is 0 Å². The second kappa shape index (κ2) is 5.69. The number of nitrogens with zero attached hydrogens (tertiary/aromatic N) is 1. The number of oxime groups is 1. The van der Waals surface area contributed by atoms with E-state index in [2.05, 4.69) is 10.5 Å². The highest BCUT2D eigenvalue weighted by atomic mass is 16.4. The molecule has 0 aliphatic heterocycles. The summed E-state index contributed by atoms with van der Waals surface area (Å²) >= 11 is 0. The van der Waals surface area contributed by atoms with Crippen molar-refractivity contribution in [3.05, 3.63) is 0 Å². The van der Waals surface area contributed by atoms with Crippen LogP contribution in [0.5, 0.6) is 0 Å². The van der Waals surface area contributed by atoms with Gasteiger partial charge < -0.3 is 21.4 Å². The van der Waals surface area contributed by atoms with Crippen molar-refractivity contribution in [1.82, 2.24) is 5.32 Å². The van der Waals surface area contributed by atoms with Crippen molar-refractivity contribution in [2.45, 2.75) is 39.5 Å². The Balaban J connectivity index is 2.12. The molecule has 100 valence electrons. The highest BCUT2D eigenvalue weighted by Crippen LogP contribution is 2.44. The smallest absolute Gasteiger partial charge is 0.144 e. The second-order valence-electron chi connectivity index (χ2n) is 5.81. The molecule has 0 aromatic heterocycles. The van der Waals surface area contributed by atoms with Gasteiger partial charge in [0, 0.05) is 24.0 Å². The molecular weight excluding hydrogens is 218 g/mol. The molecule has 0 amide bonds. The van der Waals surface area contributed by atoms with Crippen LogP contribution in [0.1, 0.15) is 39.5 Å². The number of amidine groups is 1. The lowest BCUT2D eigenvalue weighted by Crippen LogP contribution is -2.33. The van der Waals surface area contributed by atoms with Gasteiger partial charge in [-0.05, 0) is 32.2 Å². The maximum atomic E-state index is 9.15. The summed E-state index contributed by atoms with van der Waals surface area (Å²) in [7, 11) is 0. The van der Waals surface area contributed by atoms with Gasteiger partial charge in [0.05, 0.1) is 0 Å². The van der Waals surface area contributed by atoms with Crippen LogP contribution in [-0.2, 0) is 0 Å². The standard InChI is InChI=1S/C12H25N3O2/c1-11(2,10(13)15-17)4-3-7-14-8-12(9-16)5-6-12/h14,16-17H,3-9H2,1-2H3,(H2,13,15). The van der Waals surface area contributed by atoms with Crippen molar-refractivity contribution in [3.63, 3.8) is 0 Å². The lowest BCUT2D eigenvalue weighted by Gasteiger charge is -2.23. The first kappa shape index (κ1) is 14.3. The molecule has 0 radical (unpaired) electrons. The first-order chi connectivity index (χ1) is 7.96. The van der Waals surface area contributed by atoms with Gasteiger partial charge in [0.1, 0.15) is 5.84 Å². The van der Waals surface area contributed by atoms with Crippen molar-refractivity contribution < 1.29 is 10.3 Å². The zero-order valence-electron chi connectivity index (χ0n) is 10.9. The summed E-state index contributed by atoms with van der Waals surface area (Å²) in [5.41, 5.74) is 5.52. The van der Waals surface area contributed by atoms with E-state index in [9.17, 15) is 0 Å². The molecule has 5 heteroatoms. The van der Waals surface area contributed by atoms with Crippen LogP contribution in [-0.4, -0.2) is 35.8 Å². The number of rotatable bonds is 8. The van der Waals surface area contributed by atoms with Gasteiger partial charge in [0.15, 0.2) is 0 Å². The van der Waals surface area contributed by atoms with E-state index in [4.69, 9.17) is 16.0 Å². The van der Waals surface area contributed by atoms with E-state index in [0.717, 1.165) is 38.8 Å². The third-order valence-electron chi connectivity index (χ3n) is 3.75. The number of nitrogens with two attached hydrogens (primary N) is 1. The van der Waals surface area contributed by atoms with Gasteiger partial charge in [-0.1, -0.05) is 19.0 Å². The molecule has 1 aliphatic carbocycles. The van der Waals surface area contributed by atoms with Crippen LogP contribution in [0.4, 0.5) is 0 Å². The summed E-state index contributed by atoms with van der Waals surface area (Å²) in [4.78, 5) is 0. The summed E-state index contributed by atoms with van der Waals surface area (Å²) in [6.45, 7) is 6.03. The molecule has 0 atom stereocenters. The normalized spacial score (nSPS) is 19.4. The summed E-state index contributed by atoms with van der Waals surface area (Å²) in [6, 6.07) is 0. The molecule has 1 rings (SSSR count). The summed E-state index contributed by atoms with van der Waals surface area (Å²) in [6.07, 6.45) is 4.12. The molecule has 17 heavy (non-hydrogen) atoms. The van der Waals surface area contributed by atoms with Crippen molar-refractivity contribution in [1.29, 1.82) is 0 Å². The monoisotopic (exact) mass is 243 g/mol. The van der Waals surface area contributed by atoms with Crippen molar-refractivity contribution >= 4 is 5.84 Å². The lowest BCUT2D eigenvalue weighted by molar-refractivity contribution is 0.207. The maximum Gasteiger partial charge on any atom is 0.144 e. The van der Waals surface area contributed by atoms with E-state index < -0.39 is 0 Å². The van der Waals surface area contributed by atoms with E-state index in [0.29, 0.717) is 0 Å². The van der Waals surface area contributed by atoms with Crippen LogP contribution < -0.4 is 11.1 Å². The molecule has 0 saturated heterocycles. The fourth-order valence-corrected chi connectivity index (χ4v) is 1.84. The van der Waals surface area contributed by atoms with Gasteiger partial charge in [-0.2, -0.15) is 0 Å². The Labute approximate surface area is 103 Å². The van der Waals surface area contributed by atoms with E-state index in [1.54, 1.807) is 0 Å². The minimum atomic E-state index is -0.259. The van der Waals surface area contributed by atoms with E-state index in [-0.39, 0.29) is 23.3 Å². The molecule has 1 fully saturated rings. The van der Waals surface area contributed by atoms with Crippen LogP contribution in [0.15, 0.2) is 5.16 Å². The fourth-order valence-electron chi connectivity index (χ4n) is 1.84. The average molecular weight is 243 g/mol. The van der Waals surface area contributed by atoms with Crippen molar-refractivity contribution in [2.75, 3.05) is 19.7 Å². The predicted molar refractivity (Wildman–Crippen MR) is 68.0 cm³/mol. The van der Waals surface area contributed by atoms with Crippen LogP contribution in [0.3, 0.4) is 0 Å². The van der Waals surface area contributed by atoms with Gasteiger partial charge >= 0.3 is 0 Å². The third kappa shape index (κ3) is 4.16. The first-order valence-electron chi connectivity index (χ1n) is 6.25. The number of hydrogen-bond donors (Lipinski definition) is 4. The number of nitrogens with one attached hydrogen (secondary N) is 1. The second-order valence-corrected chi connectivity index (χ2v) is 5.81. The van der Waals surface area contributed by atoms with Crippen LogP contribution in [0.25, 0.3) is 0 Å². The van der Waals surface area contributed by atoms with E-state index in [1.807, 2.05) is 13.8 Å². The van der Waals surface area contributed by atoms with E-state index in [1.165, 1.54) is 0 Å². The largest absolute Gasteiger partial charge is 0.409 e. The lowest BCUT2D eigenvalue weighted by atomic mass is 9.86. The third-order valence-corrected chi connectivity index (χ3v) is 3.75. The summed E-state index contributed by atoms with van der Waals surface area (Å²) in [5.74, 6) is 0.284. The molecule has 0 bridgehead atoms. The fraction of sp³-hybridized carbons (Fsp3) is 0.917. The quantitative estimate of drug-likeness (QED) is 0.168. The zero-order chi connectivity index (χ0) is 12.9. The first-order valence-corrected chi connectivity index (χ1v) is 6.25. The minimum absolute atomic E-state index is 0.168. The maximum absolute atomic E-state index is 9.15. The zero-order valence-corrected chi connectivity index (χ0v) is 10.9. The molecule has 0 unspecified atom stereocenters. The molecule has 1 saturated carbocycles. The SMILES string of the molecule is CC(C)(CCCNCC1(CO)CC1)C(N)=NO. The molecule has 0 heterocycles. The Hall–Kier alpha value is -0.810. The topological polar surface area (TPSA) is 90.9 Å². The Morgan fingerprint density at radius 2 is 2.12 bits per heavy atom. The molecular formula is C12H25N3O2. The minimum Gasteiger partial charge on any atom is -0.409 e. The molecule has 0 spiro atoms. The Kier molecular flexibility index (Phi) is 4.77. The Morgan fingerprint density at radius 3 is 2.59 bits per heavy atom. The summed E-state index contributed by atoms with van der Waals surface area (Å²) in [5, 5.41) is 24.2. The van der Waals surface area contributed by atoms with Crippen LogP contribution >= 0.6 is 0 Å². The molecule has 0 aromatic carbocycles. The average Bonchev–Trinajstić information content (AvgIpc) is 3.08. The number of aliphatic hydroxyl groups excluding tert-OH is 1. The Morgan fingerprint density at radius 1 is 1.47 bits per heavy atom. The van der Waals surface area contributed by atoms with Crippen LogP contribution in [0, 0.1) is 10.8 Å². The van der Waals surface area contributed by atoms with Crippen molar-refractivity contribution in [3.8, 4) is 0 Å². The van der Waals surface area contributed by atoms with Gasteiger partial charge in [-0.15, -0.1) is 0 Å². The molecule has 5 nitrogen and oxygen atoms in total. The molecule has 5 N–H and O–H groups in total. The highest BCUT2D eigenvalue weighted by molar-refractivity contribution is 5.85. The van der Waals surface area contributed by atoms with Gasteiger partial charge in [0.25, 0.3) is 0 Å². The Bertz CT molecular complexity index is 273.